The monoisotopic (exact) mass is 258 g/mol. The van der Waals surface area contributed by atoms with Crippen LogP contribution in [0.25, 0.3) is 0 Å². The van der Waals surface area contributed by atoms with Crippen LogP contribution in [0.2, 0.25) is 0 Å². The van der Waals surface area contributed by atoms with Crippen molar-refractivity contribution in [2.45, 2.75) is 53.4 Å². The zero-order valence-corrected chi connectivity index (χ0v) is 12.7. The smallest absolute Gasteiger partial charge is 0.141 e. The van der Waals surface area contributed by atoms with Gasteiger partial charge in [-0.05, 0) is 36.7 Å². The summed E-state index contributed by atoms with van der Waals surface area (Å²) in [5, 5.41) is 0. The van der Waals surface area contributed by atoms with Crippen molar-refractivity contribution in [1.29, 1.82) is 0 Å². The highest BCUT2D eigenvalue weighted by Crippen LogP contribution is 2.44. The van der Waals surface area contributed by atoms with Gasteiger partial charge in [0.2, 0.25) is 0 Å². The number of hydrogen-bond acceptors (Lipinski definition) is 1. The van der Waals surface area contributed by atoms with Crippen LogP contribution in [0.1, 0.15) is 51.2 Å². The highest BCUT2D eigenvalue weighted by molar-refractivity contribution is 5.84. The van der Waals surface area contributed by atoms with Gasteiger partial charge in [-0.2, -0.15) is 0 Å². The summed E-state index contributed by atoms with van der Waals surface area (Å²) in [5.74, 6) is 1.19. The van der Waals surface area contributed by atoms with E-state index in [9.17, 15) is 4.79 Å². The van der Waals surface area contributed by atoms with Crippen LogP contribution in [0.4, 0.5) is 0 Å². The Morgan fingerprint density at radius 3 is 2.74 bits per heavy atom. The SMILES string of the molecule is Cc1cccc(CC(=O)[C@H]2[C@@H](C)CCCC2(C)C)c1. The predicted octanol–water partition coefficient (Wildman–Crippen LogP) is 4.57. The highest BCUT2D eigenvalue weighted by atomic mass is 16.1. The Bertz CT molecular complexity index is 459. The van der Waals surface area contributed by atoms with E-state index in [1.54, 1.807) is 0 Å². The molecule has 2 atom stereocenters. The van der Waals surface area contributed by atoms with Gasteiger partial charge in [0, 0.05) is 12.3 Å². The van der Waals surface area contributed by atoms with Crippen LogP contribution in [0.15, 0.2) is 24.3 Å². The molecule has 1 aromatic carbocycles. The maximum atomic E-state index is 12.7. The van der Waals surface area contributed by atoms with Crippen molar-refractivity contribution < 1.29 is 4.79 Å². The molecule has 104 valence electrons. The predicted molar refractivity (Wildman–Crippen MR) is 80.2 cm³/mol. The topological polar surface area (TPSA) is 17.1 Å². The molecule has 1 aliphatic rings. The Hall–Kier alpha value is -1.11. The van der Waals surface area contributed by atoms with Crippen LogP contribution in [0.5, 0.6) is 0 Å². The van der Waals surface area contributed by atoms with Gasteiger partial charge < -0.3 is 0 Å². The summed E-state index contributed by atoms with van der Waals surface area (Å²) in [4.78, 5) is 12.7. The van der Waals surface area contributed by atoms with Crippen molar-refractivity contribution in [3.8, 4) is 0 Å². The Morgan fingerprint density at radius 1 is 1.37 bits per heavy atom. The number of carbonyl (C=O) groups is 1. The van der Waals surface area contributed by atoms with Gasteiger partial charge in [-0.3, -0.25) is 4.79 Å². The zero-order valence-electron chi connectivity index (χ0n) is 12.7. The van der Waals surface area contributed by atoms with Crippen LogP contribution in [0.3, 0.4) is 0 Å². The number of hydrogen-bond donors (Lipinski definition) is 0. The van der Waals surface area contributed by atoms with Crippen LogP contribution in [0, 0.1) is 24.2 Å². The number of benzene rings is 1. The maximum Gasteiger partial charge on any atom is 0.141 e. The first-order chi connectivity index (χ1) is 8.90. The molecular weight excluding hydrogens is 232 g/mol. The molecule has 0 saturated heterocycles. The first kappa shape index (κ1) is 14.3. The molecule has 1 fully saturated rings. The lowest BCUT2D eigenvalue weighted by Gasteiger charge is -2.42. The minimum atomic E-state index is 0.165. The average molecular weight is 258 g/mol. The summed E-state index contributed by atoms with van der Waals surface area (Å²) in [6.45, 7) is 8.86. The number of ketones is 1. The van der Waals surface area contributed by atoms with Crippen molar-refractivity contribution in [2.75, 3.05) is 0 Å². The third-order valence-electron chi connectivity index (χ3n) is 4.70. The van der Waals surface area contributed by atoms with Gasteiger partial charge in [0.15, 0.2) is 0 Å². The molecule has 0 aromatic heterocycles. The van der Waals surface area contributed by atoms with Crippen LogP contribution in [-0.4, -0.2) is 5.78 Å². The van der Waals surface area contributed by atoms with Gasteiger partial charge in [-0.1, -0.05) is 57.0 Å². The van der Waals surface area contributed by atoms with E-state index in [-0.39, 0.29) is 11.3 Å². The highest BCUT2D eigenvalue weighted by Gasteiger charge is 2.40. The lowest BCUT2D eigenvalue weighted by Crippen LogP contribution is -2.40. The minimum Gasteiger partial charge on any atom is -0.299 e. The van der Waals surface area contributed by atoms with E-state index in [1.807, 2.05) is 6.07 Å². The molecule has 0 unspecified atom stereocenters. The fraction of sp³-hybridized carbons (Fsp3) is 0.611. The summed E-state index contributed by atoms with van der Waals surface area (Å²) in [7, 11) is 0. The normalized spacial score (nSPS) is 26.1. The van der Waals surface area contributed by atoms with Crippen LogP contribution < -0.4 is 0 Å². The Kier molecular flexibility index (Phi) is 4.13. The lowest BCUT2D eigenvalue weighted by atomic mass is 9.62. The van der Waals surface area contributed by atoms with Crippen molar-refractivity contribution >= 4 is 5.78 Å². The fourth-order valence-corrected chi connectivity index (χ4v) is 3.86. The van der Waals surface area contributed by atoms with E-state index in [4.69, 9.17) is 0 Å². The van der Waals surface area contributed by atoms with Gasteiger partial charge >= 0.3 is 0 Å². The second kappa shape index (κ2) is 5.48. The summed E-state index contributed by atoms with van der Waals surface area (Å²) < 4.78 is 0. The number of rotatable bonds is 3. The fourth-order valence-electron chi connectivity index (χ4n) is 3.86. The Labute approximate surface area is 117 Å². The van der Waals surface area contributed by atoms with E-state index >= 15 is 0 Å². The van der Waals surface area contributed by atoms with E-state index < -0.39 is 0 Å². The summed E-state index contributed by atoms with van der Waals surface area (Å²) in [6.07, 6.45) is 4.25. The van der Waals surface area contributed by atoms with Gasteiger partial charge in [0.25, 0.3) is 0 Å². The van der Waals surface area contributed by atoms with Gasteiger partial charge in [-0.15, -0.1) is 0 Å². The molecule has 2 rings (SSSR count). The summed E-state index contributed by atoms with van der Waals surface area (Å²) >= 11 is 0. The maximum absolute atomic E-state index is 12.7. The first-order valence-corrected chi connectivity index (χ1v) is 7.48. The third kappa shape index (κ3) is 3.26. The standard InChI is InChI=1S/C18H26O/c1-13-7-5-9-15(11-13)12-16(19)17-14(2)8-6-10-18(17,3)4/h5,7,9,11,14,17H,6,8,10,12H2,1-4H3/t14-,17+/m0/s1. The minimum absolute atomic E-state index is 0.165. The number of Topliss-reactive ketones (excluding diaryl/α,β-unsaturated/α-hetero) is 1. The van der Waals surface area contributed by atoms with Gasteiger partial charge in [0.1, 0.15) is 5.78 Å². The van der Waals surface area contributed by atoms with E-state index in [0.717, 1.165) is 0 Å². The molecule has 0 radical (unpaired) electrons. The van der Waals surface area contributed by atoms with Crippen molar-refractivity contribution in [3.05, 3.63) is 35.4 Å². The molecule has 1 heteroatoms. The second-order valence-corrected chi connectivity index (χ2v) is 6.97. The first-order valence-electron chi connectivity index (χ1n) is 7.48. The second-order valence-electron chi connectivity index (χ2n) is 6.97. The molecule has 1 saturated carbocycles. The van der Waals surface area contributed by atoms with Crippen LogP contribution in [-0.2, 0) is 11.2 Å². The van der Waals surface area contributed by atoms with E-state index in [1.165, 1.54) is 30.4 Å². The molecule has 0 heterocycles. The van der Waals surface area contributed by atoms with E-state index in [2.05, 4.69) is 45.9 Å². The average Bonchev–Trinajstić information content (AvgIpc) is 2.27. The molecule has 1 aliphatic carbocycles. The molecule has 1 nitrogen and oxygen atoms in total. The molecular formula is C18H26O. The molecule has 0 spiro atoms. The van der Waals surface area contributed by atoms with Crippen molar-refractivity contribution in [1.82, 2.24) is 0 Å². The summed E-state index contributed by atoms with van der Waals surface area (Å²) in [6, 6.07) is 8.35. The molecule has 0 aliphatic heterocycles. The Morgan fingerprint density at radius 2 is 2.11 bits per heavy atom. The van der Waals surface area contributed by atoms with E-state index in [0.29, 0.717) is 18.1 Å². The lowest BCUT2D eigenvalue weighted by molar-refractivity contribution is -0.129. The van der Waals surface area contributed by atoms with Gasteiger partial charge in [-0.25, -0.2) is 0 Å². The van der Waals surface area contributed by atoms with Gasteiger partial charge in [0.05, 0.1) is 0 Å². The largest absolute Gasteiger partial charge is 0.299 e. The molecule has 0 amide bonds. The third-order valence-corrected chi connectivity index (χ3v) is 4.70. The quantitative estimate of drug-likeness (QED) is 0.776. The van der Waals surface area contributed by atoms with Crippen LogP contribution >= 0.6 is 0 Å². The number of carbonyl (C=O) groups excluding carboxylic acids is 1. The molecule has 1 aromatic rings. The van der Waals surface area contributed by atoms with Crippen molar-refractivity contribution in [3.63, 3.8) is 0 Å². The van der Waals surface area contributed by atoms with Crippen molar-refractivity contribution in [2.24, 2.45) is 17.3 Å². The molecule has 19 heavy (non-hydrogen) atoms. The molecule has 0 bridgehead atoms. The molecule has 0 N–H and O–H groups in total. The number of aryl methyl sites for hydroxylation is 1. The summed E-state index contributed by atoms with van der Waals surface area (Å²) in [5.41, 5.74) is 2.57. The zero-order chi connectivity index (χ0) is 14.0. The Balaban J connectivity index is 2.14.